The number of hydrogen-bond acceptors (Lipinski definition) is 3. The largest absolute Gasteiger partial charge is 0.378 e. The van der Waals surface area contributed by atoms with Crippen LogP contribution in [0.1, 0.15) is 0 Å². The Morgan fingerprint density at radius 2 is 2.50 bits per heavy atom. The van der Waals surface area contributed by atoms with E-state index in [2.05, 4.69) is 4.98 Å². The van der Waals surface area contributed by atoms with Crippen LogP contribution in [0.4, 0.5) is 0 Å². The second-order valence-corrected chi connectivity index (χ2v) is 2.83. The van der Waals surface area contributed by atoms with Gasteiger partial charge in [-0.2, -0.15) is 0 Å². The predicted molar refractivity (Wildman–Crippen MR) is 37.9 cm³/mol. The van der Waals surface area contributed by atoms with Crippen LogP contribution in [0, 0.1) is 0 Å². The molecule has 0 fully saturated rings. The van der Waals surface area contributed by atoms with E-state index < -0.39 is 11.1 Å². The molecule has 1 rings (SSSR count). The highest BCUT2D eigenvalue weighted by molar-refractivity contribution is 7.79. The normalized spacial score (nSPS) is 13.0. The van der Waals surface area contributed by atoms with E-state index >= 15 is 0 Å². The summed E-state index contributed by atoms with van der Waals surface area (Å²) >= 11 is -1.28. The van der Waals surface area contributed by atoms with Gasteiger partial charge in [0.15, 0.2) is 0 Å². The van der Waals surface area contributed by atoms with Crippen molar-refractivity contribution in [3.63, 3.8) is 0 Å². The average Bonchev–Trinajstić information content (AvgIpc) is 2.13. The first kappa shape index (κ1) is 7.27. The van der Waals surface area contributed by atoms with Gasteiger partial charge >= 0.3 is 0 Å². The van der Waals surface area contributed by atoms with Gasteiger partial charge in [0.1, 0.15) is 0 Å². The summed E-state index contributed by atoms with van der Waals surface area (Å²) in [6.45, 7) is 0. The molecule has 0 saturated carbocycles. The van der Waals surface area contributed by atoms with Gasteiger partial charge in [-0.3, -0.25) is 0 Å². The summed E-state index contributed by atoms with van der Waals surface area (Å²) in [7, 11) is 1.82. The topological polar surface area (TPSA) is 44.1 Å². The van der Waals surface area contributed by atoms with E-state index in [4.69, 9.17) is 4.18 Å². The lowest BCUT2D eigenvalue weighted by atomic mass is 10.8. The molecule has 1 heterocycles. The molecule has 5 heteroatoms. The van der Waals surface area contributed by atoms with E-state index in [0.717, 1.165) is 0 Å². The van der Waals surface area contributed by atoms with Gasteiger partial charge in [0, 0.05) is 13.3 Å². The zero-order valence-corrected chi connectivity index (χ0v) is 6.59. The van der Waals surface area contributed by atoms with Crippen molar-refractivity contribution in [1.29, 1.82) is 0 Å². The molecule has 0 bridgehead atoms. The van der Waals surface area contributed by atoms with Gasteiger partial charge in [0.2, 0.25) is 17.0 Å². The quantitative estimate of drug-likeness (QED) is 0.616. The van der Waals surface area contributed by atoms with Gasteiger partial charge in [-0.1, -0.05) is 0 Å². The highest BCUT2D eigenvalue weighted by atomic mass is 32.2. The highest BCUT2D eigenvalue weighted by Gasteiger charge is 1.97. The van der Waals surface area contributed by atoms with Crippen molar-refractivity contribution in [3.05, 3.63) is 12.5 Å². The second kappa shape index (κ2) is 2.83. The molecule has 56 valence electrons. The third-order valence-electron chi connectivity index (χ3n) is 0.884. The standard InChI is InChI=1S/C5H8N2O2S/c1-7-3-5(6-4-7)9-10(2)8/h3-4H,1-2H3. The molecule has 0 saturated heterocycles. The molecule has 0 amide bonds. The highest BCUT2D eigenvalue weighted by Crippen LogP contribution is 2.04. The molecule has 4 nitrogen and oxygen atoms in total. The van der Waals surface area contributed by atoms with Gasteiger partial charge in [-0.15, -0.1) is 0 Å². The van der Waals surface area contributed by atoms with Crippen LogP contribution >= 0.6 is 0 Å². The van der Waals surface area contributed by atoms with Crippen molar-refractivity contribution < 1.29 is 8.39 Å². The van der Waals surface area contributed by atoms with Crippen molar-refractivity contribution >= 4 is 11.1 Å². The zero-order chi connectivity index (χ0) is 7.56. The maximum atomic E-state index is 10.5. The summed E-state index contributed by atoms with van der Waals surface area (Å²) in [6.07, 6.45) is 4.69. The smallest absolute Gasteiger partial charge is 0.248 e. The van der Waals surface area contributed by atoms with Crippen LogP contribution < -0.4 is 4.18 Å². The Labute approximate surface area is 61.5 Å². The van der Waals surface area contributed by atoms with Crippen LogP contribution in [0.25, 0.3) is 0 Å². The third kappa shape index (κ3) is 1.84. The number of rotatable bonds is 2. The fourth-order valence-electron chi connectivity index (χ4n) is 0.552. The van der Waals surface area contributed by atoms with Crippen LogP contribution in [-0.2, 0) is 18.1 Å². The van der Waals surface area contributed by atoms with E-state index in [9.17, 15) is 4.21 Å². The van der Waals surface area contributed by atoms with Gasteiger partial charge in [-0.25, -0.2) is 9.19 Å². The van der Waals surface area contributed by atoms with Crippen molar-refractivity contribution in [3.8, 4) is 5.88 Å². The molecule has 0 N–H and O–H groups in total. The lowest BCUT2D eigenvalue weighted by Gasteiger charge is -1.91. The number of imidazole rings is 1. The van der Waals surface area contributed by atoms with Crippen LogP contribution in [-0.4, -0.2) is 20.0 Å². The number of aryl methyl sites for hydroxylation is 1. The molecule has 1 unspecified atom stereocenters. The predicted octanol–water partition coefficient (Wildman–Crippen LogP) is 0.0924. The van der Waals surface area contributed by atoms with Gasteiger partial charge in [0.05, 0.1) is 12.5 Å². The summed E-state index contributed by atoms with van der Waals surface area (Å²) < 4.78 is 17.0. The fourth-order valence-corrected chi connectivity index (χ4v) is 0.879. The maximum absolute atomic E-state index is 10.5. The van der Waals surface area contributed by atoms with E-state index in [0.29, 0.717) is 5.88 Å². The minimum Gasteiger partial charge on any atom is -0.378 e. The van der Waals surface area contributed by atoms with E-state index in [-0.39, 0.29) is 0 Å². The number of hydrogen-bond donors (Lipinski definition) is 0. The van der Waals surface area contributed by atoms with Crippen LogP contribution in [0.2, 0.25) is 0 Å². The average molecular weight is 160 g/mol. The monoisotopic (exact) mass is 160 g/mol. The third-order valence-corrected chi connectivity index (χ3v) is 1.29. The van der Waals surface area contributed by atoms with E-state index in [1.807, 2.05) is 7.05 Å². The Morgan fingerprint density at radius 1 is 1.80 bits per heavy atom. The lowest BCUT2D eigenvalue weighted by molar-refractivity contribution is 0.553. The lowest BCUT2D eigenvalue weighted by Crippen LogP contribution is -1.96. The fraction of sp³-hybridized carbons (Fsp3) is 0.400. The van der Waals surface area contributed by atoms with E-state index in [1.165, 1.54) is 6.26 Å². The van der Waals surface area contributed by atoms with Gasteiger partial charge in [0.25, 0.3) is 0 Å². The molecule has 1 aromatic rings. The van der Waals surface area contributed by atoms with Crippen molar-refractivity contribution in [2.75, 3.05) is 6.26 Å². The van der Waals surface area contributed by atoms with E-state index in [1.54, 1.807) is 17.1 Å². The molecule has 0 aliphatic rings. The molecular formula is C5H8N2O2S. The molecule has 1 aromatic heterocycles. The van der Waals surface area contributed by atoms with Crippen LogP contribution in [0.15, 0.2) is 12.5 Å². The molecular weight excluding hydrogens is 152 g/mol. The molecule has 0 aliphatic heterocycles. The first-order chi connectivity index (χ1) is 4.68. The first-order valence-electron chi connectivity index (χ1n) is 2.68. The molecule has 0 aliphatic carbocycles. The van der Waals surface area contributed by atoms with Crippen molar-refractivity contribution in [2.45, 2.75) is 0 Å². The number of aromatic nitrogens is 2. The van der Waals surface area contributed by atoms with Gasteiger partial charge < -0.3 is 8.75 Å². The first-order valence-corrected chi connectivity index (χ1v) is 4.16. The molecule has 10 heavy (non-hydrogen) atoms. The van der Waals surface area contributed by atoms with Crippen LogP contribution in [0.5, 0.6) is 5.88 Å². The SMILES string of the molecule is Cn1cnc(OS(C)=O)c1. The minimum absolute atomic E-state index is 0.392. The second-order valence-electron chi connectivity index (χ2n) is 1.86. The Hall–Kier alpha value is -0.840. The minimum atomic E-state index is -1.28. The summed E-state index contributed by atoms with van der Waals surface area (Å²) in [6, 6.07) is 0. The molecule has 0 spiro atoms. The summed E-state index contributed by atoms with van der Waals surface area (Å²) in [4.78, 5) is 3.80. The molecule has 0 radical (unpaired) electrons. The maximum Gasteiger partial charge on any atom is 0.248 e. The van der Waals surface area contributed by atoms with Crippen molar-refractivity contribution in [1.82, 2.24) is 9.55 Å². The van der Waals surface area contributed by atoms with Gasteiger partial charge in [-0.05, 0) is 0 Å². The summed E-state index contributed by atoms with van der Waals surface area (Å²) in [5.74, 6) is 0.392. The summed E-state index contributed by atoms with van der Waals surface area (Å²) in [5.41, 5.74) is 0. The van der Waals surface area contributed by atoms with Crippen LogP contribution in [0.3, 0.4) is 0 Å². The van der Waals surface area contributed by atoms with Crippen molar-refractivity contribution in [2.24, 2.45) is 7.05 Å². The Morgan fingerprint density at radius 3 is 2.90 bits per heavy atom. The summed E-state index contributed by atoms with van der Waals surface area (Å²) in [5, 5.41) is 0. The Kier molecular flexibility index (Phi) is 2.06. The Balaban J connectivity index is 2.67. The number of nitrogens with zero attached hydrogens (tertiary/aromatic N) is 2. The zero-order valence-electron chi connectivity index (χ0n) is 5.77. The molecule has 0 aromatic carbocycles. The molecule has 1 atom stereocenters. The Bertz CT molecular complexity index is 246.